The number of amides is 2. The summed E-state index contributed by atoms with van der Waals surface area (Å²) in [6, 6.07) is 5.39. The van der Waals surface area contributed by atoms with Crippen LogP contribution in [0.3, 0.4) is 0 Å². The lowest BCUT2D eigenvalue weighted by atomic mass is 10.1. The monoisotopic (exact) mass is 382 g/mol. The van der Waals surface area contributed by atoms with Gasteiger partial charge < -0.3 is 20.1 Å². The van der Waals surface area contributed by atoms with Crippen molar-refractivity contribution in [2.24, 2.45) is 5.73 Å². The van der Waals surface area contributed by atoms with Gasteiger partial charge in [-0.1, -0.05) is 5.92 Å². The number of nitrogens with two attached hydrogens (primary N) is 1. The Hall–Kier alpha value is -3.47. The highest BCUT2D eigenvalue weighted by molar-refractivity contribution is 5.94. The number of carbonyl (C=O) groups excluding carboxylic acids is 2. The molecule has 8 nitrogen and oxygen atoms in total. The van der Waals surface area contributed by atoms with Gasteiger partial charge in [0.2, 0.25) is 6.41 Å². The van der Waals surface area contributed by atoms with Gasteiger partial charge >= 0.3 is 0 Å². The molecular weight excluding hydrogens is 360 g/mol. The van der Waals surface area contributed by atoms with E-state index >= 15 is 0 Å². The van der Waals surface area contributed by atoms with Crippen molar-refractivity contribution < 1.29 is 19.1 Å². The lowest BCUT2D eigenvalue weighted by Gasteiger charge is -2.29. The summed E-state index contributed by atoms with van der Waals surface area (Å²) >= 11 is 0. The van der Waals surface area contributed by atoms with Gasteiger partial charge in [-0.3, -0.25) is 14.3 Å². The second kappa shape index (κ2) is 8.48. The minimum Gasteiger partial charge on any atom is -0.497 e. The molecule has 2 N–H and O–H groups in total. The highest BCUT2D eigenvalue weighted by Gasteiger charge is 2.22. The van der Waals surface area contributed by atoms with Crippen molar-refractivity contribution >= 4 is 12.3 Å². The van der Waals surface area contributed by atoms with Crippen LogP contribution in [0.4, 0.5) is 0 Å². The molecule has 1 aliphatic heterocycles. The summed E-state index contributed by atoms with van der Waals surface area (Å²) in [4.78, 5) is 24.4. The Bertz CT molecular complexity index is 911. The molecule has 3 rings (SSSR count). The maximum Gasteiger partial charge on any atom is 0.253 e. The number of carbonyl (C=O) groups is 2. The predicted octanol–water partition coefficient (Wildman–Crippen LogP) is 1.19. The SMILES string of the molecule is COc1cc(C#Cc2nn(C3CCN(C=O)CC3)cc2C(N)=O)cc(OC)c1. The van der Waals surface area contributed by atoms with Crippen molar-refractivity contribution in [3.63, 3.8) is 0 Å². The Labute approximate surface area is 163 Å². The van der Waals surface area contributed by atoms with Gasteiger partial charge in [0.05, 0.1) is 25.8 Å². The molecule has 28 heavy (non-hydrogen) atoms. The zero-order valence-electron chi connectivity index (χ0n) is 15.8. The Morgan fingerprint density at radius 2 is 1.82 bits per heavy atom. The molecule has 8 heteroatoms. The van der Waals surface area contributed by atoms with Gasteiger partial charge in [0.15, 0.2) is 0 Å². The first kappa shape index (κ1) is 19.3. The molecule has 0 spiro atoms. The third kappa shape index (κ3) is 4.26. The summed E-state index contributed by atoms with van der Waals surface area (Å²) in [5, 5.41) is 4.48. The summed E-state index contributed by atoms with van der Waals surface area (Å²) < 4.78 is 12.2. The number of hydrogen-bond acceptors (Lipinski definition) is 5. The van der Waals surface area contributed by atoms with Gasteiger partial charge in [-0.15, -0.1) is 0 Å². The zero-order valence-corrected chi connectivity index (χ0v) is 15.8. The highest BCUT2D eigenvalue weighted by Crippen LogP contribution is 2.23. The van der Waals surface area contributed by atoms with Crippen LogP contribution in [-0.2, 0) is 4.79 Å². The number of aromatic nitrogens is 2. The van der Waals surface area contributed by atoms with E-state index in [2.05, 4.69) is 16.9 Å². The van der Waals surface area contributed by atoms with E-state index in [1.54, 1.807) is 48.2 Å². The maximum atomic E-state index is 11.8. The Kier molecular flexibility index (Phi) is 5.84. The quantitative estimate of drug-likeness (QED) is 0.619. The van der Waals surface area contributed by atoms with Crippen LogP contribution in [0.1, 0.15) is 40.5 Å². The molecule has 2 heterocycles. The fourth-order valence-corrected chi connectivity index (χ4v) is 3.12. The molecule has 1 aromatic carbocycles. The van der Waals surface area contributed by atoms with Gasteiger partial charge in [-0.25, -0.2) is 0 Å². The second-order valence-corrected chi connectivity index (χ2v) is 6.46. The third-order valence-electron chi connectivity index (χ3n) is 4.70. The summed E-state index contributed by atoms with van der Waals surface area (Å²) in [7, 11) is 3.13. The molecule has 1 aromatic heterocycles. The summed E-state index contributed by atoms with van der Waals surface area (Å²) in [6.45, 7) is 1.31. The summed E-state index contributed by atoms with van der Waals surface area (Å²) in [5.74, 6) is 6.58. The van der Waals surface area contributed by atoms with Gasteiger partial charge in [-0.05, 0) is 30.9 Å². The molecule has 0 aliphatic carbocycles. The van der Waals surface area contributed by atoms with Crippen molar-refractivity contribution in [2.75, 3.05) is 27.3 Å². The molecule has 0 bridgehead atoms. The first-order chi connectivity index (χ1) is 13.5. The van der Waals surface area contributed by atoms with Crippen LogP contribution in [0.5, 0.6) is 11.5 Å². The fraction of sp³-hybridized carbons (Fsp3) is 0.350. The van der Waals surface area contributed by atoms with Crippen LogP contribution in [0.15, 0.2) is 24.4 Å². The van der Waals surface area contributed by atoms with Gasteiger partial charge in [-0.2, -0.15) is 5.10 Å². The standard InChI is InChI=1S/C20H22N4O4/c1-27-16-9-14(10-17(11-16)28-2)3-4-19-18(20(21)26)12-24(22-19)15-5-7-23(13-25)8-6-15/h9-13,15H,5-8H2,1-2H3,(H2,21,26). The van der Waals surface area contributed by atoms with E-state index in [4.69, 9.17) is 15.2 Å². The normalized spacial score (nSPS) is 14.1. The van der Waals surface area contributed by atoms with Gasteiger partial charge in [0.25, 0.3) is 5.91 Å². The van der Waals surface area contributed by atoms with Crippen molar-refractivity contribution in [1.29, 1.82) is 0 Å². The number of likely N-dealkylation sites (tertiary alicyclic amines) is 1. The number of ether oxygens (including phenoxy) is 2. The molecule has 0 unspecified atom stereocenters. The first-order valence-corrected chi connectivity index (χ1v) is 8.87. The average molecular weight is 382 g/mol. The smallest absolute Gasteiger partial charge is 0.253 e. The van der Waals surface area contributed by atoms with E-state index in [1.807, 2.05) is 0 Å². The number of benzene rings is 1. The number of nitrogens with zero attached hydrogens (tertiary/aromatic N) is 3. The van der Waals surface area contributed by atoms with Crippen LogP contribution in [0, 0.1) is 11.8 Å². The van der Waals surface area contributed by atoms with Crippen molar-refractivity contribution in [3.8, 4) is 23.3 Å². The van der Waals surface area contributed by atoms with E-state index in [9.17, 15) is 9.59 Å². The minimum absolute atomic E-state index is 0.0989. The summed E-state index contributed by atoms with van der Waals surface area (Å²) in [5.41, 5.74) is 6.78. The Morgan fingerprint density at radius 1 is 1.18 bits per heavy atom. The van der Waals surface area contributed by atoms with E-state index in [1.165, 1.54) is 0 Å². The van der Waals surface area contributed by atoms with Crippen molar-refractivity contribution in [3.05, 3.63) is 41.2 Å². The van der Waals surface area contributed by atoms with Crippen LogP contribution in [-0.4, -0.2) is 54.3 Å². The number of hydrogen-bond donors (Lipinski definition) is 1. The maximum absolute atomic E-state index is 11.8. The second-order valence-electron chi connectivity index (χ2n) is 6.46. The molecule has 2 amide bonds. The number of primary amides is 1. The lowest BCUT2D eigenvalue weighted by Crippen LogP contribution is -2.33. The highest BCUT2D eigenvalue weighted by atomic mass is 16.5. The molecule has 0 radical (unpaired) electrons. The number of rotatable bonds is 5. The Morgan fingerprint density at radius 3 is 2.36 bits per heavy atom. The van der Waals surface area contributed by atoms with Crippen LogP contribution in [0.2, 0.25) is 0 Å². The van der Waals surface area contributed by atoms with E-state index in [0.717, 1.165) is 19.3 Å². The summed E-state index contributed by atoms with van der Waals surface area (Å²) in [6.07, 6.45) is 4.02. The zero-order chi connectivity index (χ0) is 20.1. The topological polar surface area (TPSA) is 99.7 Å². The molecule has 146 valence electrons. The van der Waals surface area contributed by atoms with Gasteiger partial charge in [0, 0.05) is 30.9 Å². The molecule has 1 saturated heterocycles. The van der Waals surface area contributed by atoms with E-state index in [0.29, 0.717) is 35.8 Å². The largest absolute Gasteiger partial charge is 0.497 e. The van der Waals surface area contributed by atoms with Crippen LogP contribution < -0.4 is 15.2 Å². The van der Waals surface area contributed by atoms with Crippen molar-refractivity contribution in [1.82, 2.24) is 14.7 Å². The fourth-order valence-electron chi connectivity index (χ4n) is 3.12. The van der Waals surface area contributed by atoms with Gasteiger partial charge in [0.1, 0.15) is 17.2 Å². The molecule has 0 saturated carbocycles. The van der Waals surface area contributed by atoms with Crippen LogP contribution >= 0.6 is 0 Å². The predicted molar refractivity (Wildman–Crippen MR) is 102 cm³/mol. The number of piperidine rings is 1. The number of methoxy groups -OCH3 is 2. The molecule has 2 aromatic rings. The minimum atomic E-state index is -0.580. The molecule has 0 atom stereocenters. The van der Waals surface area contributed by atoms with E-state index in [-0.39, 0.29) is 11.6 Å². The third-order valence-corrected chi connectivity index (χ3v) is 4.70. The van der Waals surface area contributed by atoms with Crippen LogP contribution in [0.25, 0.3) is 0 Å². The lowest BCUT2D eigenvalue weighted by molar-refractivity contribution is -0.119. The van der Waals surface area contributed by atoms with E-state index < -0.39 is 5.91 Å². The van der Waals surface area contributed by atoms with Crippen molar-refractivity contribution in [2.45, 2.75) is 18.9 Å². The Balaban J connectivity index is 1.89. The molecule has 1 aliphatic rings. The molecular formula is C20H22N4O4. The first-order valence-electron chi connectivity index (χ1n) is 8.87. The molecule has 1 fully saturated rings. The average Bonchev–Trinajstić information content (AvgIpc) is 3.16.